The van der Waals surface area contributed by atoms with E-state index in [4.69, 9.17) is 16.3 Å². The van der Waals surface area contributed by atoms with Crippen LogP contribution in [0.25, 0.3) is 0 Å². The number of ether oxygens (including phenoxy) is 1. The number of hydrogen-bond donors (Lipinski definition) is 0. The Morgan fingerprint density at radius 3 is 2.76 bits per heavy atom. The van der Waals surface area contributed by atoms with Gasteiger partial charge >= 0.3 is 0 Å². The third-order valence-electron chi connectivity index (χ3n) is 2.14. The van der Waals surface area contributed by atoms with Gasteiger partial charge in [0.25, 0.3) is 0 Å². The van der Waals surface area contributed by atoms with E-state index < -0.39 is 11.6 Å². The molecule has 0 saturated carbocycles. The van der Waals surface area contributed by atoms with Crippen LogP contribution in [-0.2, 0) is 6.61 Å². The van der Waals surface area contributed by atoms with Gasteiger partial charge in [-0.05, 0) is 18.2 Å². The Bertz CT molecular complexity index is 534. The molecule has 0 fully saturated rings. The first-order valence-electron chi connectivity index (χ1n) is 4.84. The molecule has 0 atom stereocenters. The molecule has 0 bridgehead atoms. The molecule has 0 saturated heterocycles. The Morgan fingerprint density at radius 1 is 1.18 bits per heavy atom. The predicted molar refractivity (Wildman–Crippen MR) is 59.9 cm³/mol. The van der Waals surface area contributed by atoms with Gasteiger partial charge in [0.05, 0.1) is 0 Å². The number of nitrogens with zero attached hydrogens (tertiary/aromatic N) is 1. The Kier molecular flexibility index (Phi) is 3.54. The minimum Gasteiger partial charge on any atom is -0.486 e. The van der Waals surface area contributed by atoms with Crippen LogP contribution in [-0.4, -0.2) is 4.98 Å². The van der Waals surface area contributed by atoms with Crippen LogP contribution in [0.3, 0.4) is 0 Å². The smallest absolute Gasteiger partial charge is 0.171 e. The third-order valence-corrected chi connectivity index (χ3v) is 2.42. The summed E-state index contributed by atoms with van der Waals surface area (Å²) in [7, 11) is 0. The van der Waals surface area contributed by atoms with Gasteiger partial charge in [-0.1, -0.05) is 23.7 Å². The average molecular weight is 256 g/mol. The fourth-order valence-corrected chi connectivity index (χ4v) is 1.47. The standard InChI is InChI=1S/C12H8ClF2NO/c13-12-10(5-2-6-16-12)17-7-8-3-1-4-9(14)11(8)15/h1-6H,7H2. The zero-order valence-electron chi connectivity index (χ0n) is 8.66. The SMILES string of the molecule is Fc1cccc(COc2cccnc2Cl)c1F. The highest BCUT2D eigenvalue weighted by atomic mass is 35.5. The molecular weight excluding hydrogens is 248 g/mol. The van der Waals surface area contributed by atoms with Crippen molar-refractivity contribution in [2.45, 2.75) is 6.61 Å². The lowest BCUT2D eigenvalue weighted by Crippen LogP contribution is -2.01. The van der Waals surface area contributed by atoms with E-state index in [2.05, 4.69) is 4.98 Å². The zero-order valence-corrected chi connectivity index (χ0v) is 9.42. The molecule has 1 aromatic heterocycles. The molecule has 0 unspecified atom stereocenters. The van der Waals surface area contributed by atoms with Crippen LogP contribution in [0.5, 0.6) is 5.75 Å². The molecule has 2 rings (SSSR count). The first-order chi connectivity index (χ1) is 8.18. The maximum Gasteiger partial charge on any atom is 0.171 e. The molecule has 0 aliphatic carbocycles. The minimum absolute atomic E-state index is 0.102. The highest BCUT2D eigenvalue weighted by Crippen LogP contribution is 2.22. The molecule has 0 aliphatic rings. The van der Waals surface area contributed by atoms with E-state index in [-0.39, 0.29) is 17.3 Å². The summed E-state index contributed by atoms with van der Waals surface area (Å²) in [5.74, 6) is -1.48. The molecule has 2 nitrogen and oxygen atoms in total. The number of rotatable bonds is 3. The largest absolute Gasteiger partial charge is 0.486 e. The zero-order chi connectivity index (χ0) is 12.3. The summed E-state index contributed by atoms with van der Waals surface area (Å²) in [6, 6.07) is 7.16. The molecule has 0 spiro atoms. The topological polar surface area (TPSA) is 22.1 Å². The van der Waals surface area contributed by atoms with Gasteiger partial charge in [0, 0.05) is 11.8 Å². The van der Waals surface area contributed by atoms with E-state index in [0.717, 1.165) is 6.07 Å². The number of aromatic nitrogens is 1. The molecule has 17 heavy (non-hydrogen) atoms. The van der Waals surface area contributed by atoms with Gasteiger partial charge in [-0.3, -0.25) is 0 Å². The van der Waals surface area contributed by atoms with Crippen molar-refractivity contribution in [1.29, 1.82) is 0 Å². The molecule has 5 heteroatoms. The number of benzene rings is 1. The Morgan fingerprint density at radius 2 is 2.00 bits per heavy atom. The lowest BCUT2D eigenvalue weighted by molar-refractivity contribution is 0.296. The lowest BCUT2D eigenvalue weighted by Gasteiger charge is -2.08. The van der Waals surface area contributed by atoms with Crippen LogP contribution >= 0.6 is 11.6 Å². The van der Waals surface area contributed by atoms with Gasteiger partial charge in [0.2, 0.25) is 0 Å². The van der Waals surface area contributed by atoms with E-state index in [1.165, 1.54) is 18.3 Å². The highest BCUT2D eigenvalue weighted by molar-refractivity contribution is 6.30. The van der Waals surface area contributed by atoms with Gasteiger partial charge in [-0.15, -0.1) is 0 Å². The Hall–Kier alpha value is -1.68. The molecule has 0 N–H and O–H groups in total. The average Bonchev–Trinajstić information content (AvgIpc) is 2.33. The van der Waals surface area contributed by atoms with Crippen LogP contribution in [0.1, 0.15) is 5.56 Å². The summed E-state index contributed by atoms with van der Waals surface area (Å²) in [6.07, 6.45) is 1.51. The fourth-order valence-electron chi connectivity index (χ4n) is 1.29. The monoisotopic (exact) mass is 255 g/mol. The van der Waals surface area contributed by atoms with E-state index in [1.807, 2.05) is 0 Å². The van der Waals surface area contributed by atoms with Gasteiger partial charge < -0.3 is 4.74 Å². The summed E-state index contributed by atoms with van der Waals surface area (Å²) in [5, 5.41) is 0.185. The molecule has 1 heterocycles. The van der Waals surface area contributed by atoms with Gasteiger partial charge in [-0.25, -0.2) is 13.8 Å². The van der Waals surface area contributed by atoms with Crippen molar-refractivity contribution >= 4 is 11.6 Å². The maximum absolute atomic E-state index is 13.3. The first kappa shape index (κ1) is 11.8. The second kappa shape index (κ2) is 5.10. The summed E-state index contributed by atoms with van der Waals surface area (Å²) < 4.78 is 31.5. The van der Waals surface area contributed by atoms with Gasteiger partial charge in [-0.2, -0.15) is 0 Å². The second-order valence-corrected chi connectivity index (χ2v) is 3.65. The number of halogens is 3. The number of hydrogen-bond acceptors (Lipinski definition) is 2. The van der Waals surface area contributed by atoms with Crippen molar-refractivity contribution in [3.8, 4) is 5.75 Å². The van der Waals surface area contributed by atoms with Crippen molar-refractivity contribution in [2.24, 2.45) is 0 Å². The minimum atomic E-state index is -0.910. The molecule has 0 aliphatic heterocycles. The summed E-state index contributed by atoms with van der Waals surface area (Å²) in [5.41, 5.74) is 0.130. The van der Waals surface area contributed by atoms with Crippen molar-refractivity contribution in [2.75, 3.05) is 0 Å². The van der Waals surface area contributed by atoms with Gasteiger partial charge in [0.1, 0.15) is 6.61 Å². The normalized spacial score (nSPS) is 10.3. The molecule has 88 valence electrons. The highest BCUT2D eigenvalue weighted by Gasteiger charge is 2.09. The molecule has 0 radical (unpaired) electrons. The fraction of sp³-hybridized carbons (Fsp3) is 0.0833. The molecule has 1 aromatic carbocycles. The summed E-state index contributed by atoms with van der Waals surface area (Å²) in [4.78, 5) is 3.80. The van der Waals surface area contributed by atoms with Crippen molar-refractivity contribution in [3.05, 3.63) is 58.9 Å². The Labute approximate surface area is 102 Å². The van der Waals surface area contributed by atoms with Gasteiger partial charge in [0.15, 0.2) is 22.5 Å². The molecule has 2 aromatic rings. The van der Waals surface area contributed by atoms with Crippen LogP contribution < -0.4 is 4.74 Å². The van der Waals surface area contributed by atoms with Crippen LogP contribution in [0.15, 0.2) is 36.5 Å². The van der Waals surface area contributed by atoms with Crippen molar-refractivity contribution in [3.63, 3.8) is 0 Å². The quantitative estimate of drug-likeness (QED) is 0.782. The second-order valence-electron chi connectivity index (χ2n) is 3.29. The summed E-state index contributed by atoms with van der Waals surface area (Å²) >= 11 is 5.76. The summed E-state index contributed by atoms with van der Waals surface area (Å²) in [6.45, 7) is -0.102. The van der Waals surface area contributed by atoms with E-state index >= 15 is 0 Å². The van der Waals surface area contributed by atoms with Crippen LogP contribution in [0, 0.1) is 11.6 Å². The predicted octanol–water partition coefficient (Wildman–Crippen LogP) is 3.59. The van der Waals surface area contributed by atoms with Crippen molar-refractivity contribution < 1.29 is 13.5 Å². The Balaban J connectivity index is 2.13. The maximum atomic E-state index is 13.3. The van der Waals surface area contributed by atoms with Crippen molar-refractivity contribution in [1.82, 2.24) is 4.98 Å². The number of pyridine rings is 1. The molecular formula is C12H8ClF2NO. The van der Waals surface area contributed by atoms with Crippen LogP contribution in [0.2, 0.25) is 5.15 Å². The van der Waals surface area contributed by atoms with E-state index in [1.54, 1.807) is 12.1 Å². The first-order valence-corrected chi connectivity index (χ1v) is 5.22. The van der Waals surface area contributed by atoms with E-state index in [9.17, 15) is 8.78 Å². The third kappa shape index (κ3) is 2.71. The lowest BCUT2D eigenvalue weighted by atomic mass is 10.2. The molecule has 0 amide bonds. The van der Waals surface area contributed by atoms with Crippen LogP contribution in [0.4, 0.5) is 8.78 Å². The van der Waals surface area contributed by atoms with E-state index in [0.29, 0.717) is 5.75 Å².